The number of hydrogen-bond acceptors (Lipinski definition) is 3. The normalized spacial score (nSPS) is 10.4. The van der Waals surface area contributed by atoms with Gasteiger partial charge in [0.15, 0.2) is 0 Å². The van der Waals surface area contributed by atoms with E-state index in [2.05, 4.69) is 5.48 Å². The van der Waals surface area contributed by atoms with Gasteiger partial charge in [-0.25, -0.2) is 14.3 Å². The van der Waals surface area contributed by atoms with E-state index in [1.165, 1.54) is 0 Å². The molecule has 0 spiro atoms. The molecule has 1 N–H and O–H groups in total. The van der Waals surface area contributed by atoms with Crippen molar-refractivity contribution in [2.45, 2.75) is 11.5 Å². The third-order valence-corrected chi connectivity index (χ3v) is 3.55. The van der Waals surface area contributed by atoms with Crippen molar-refractivity contribution in [3.8, 4) is 0 Å². The molecule has 0 aromatic heterocycles. The Bertz CT molecular complexity index is 608. The average molecular weight is 309 g/mol. The van der Waals surface area contributed by atoms with Gasteiger partial charge in [-0.05, 0) is 23.8 Å². The van der Waals surface area contributed by atoms with E-state index in [0.717, 1.165) is 35.5 Å². The zero-order chi connectivity index (χ0) is 15.1. The Balaban J connectivity index is 1.74. The summed E-state index contributed by atoms with van der Waals surface area (Å²) < 4.78 is 26.3. The number of hydrogen-bond donors (Lipinski definition) is 1. The van der Waals surface area contributed by atoms with Crippen molar-refractivity contribution in [2.24, 2.45) is 0 Å². The van der Waals surface area contributed by atoms with Crippen LogP contribution in [0, 0.1) is 11.6 Å². The van der Waals surface area contributed by atoms with E-state index in [4.69, 9.17) is 4.84 Å². The van der Waals surface area contributed by atoms with Gasteiger partial charge in [-0.1, -0.05) is 30.3 Å². The number of carbonyl (C=O) groups is 1. The van der Waals surface area contributed by atoms with E-state index < -0.39 is 17.5 Å². The smallest absolute Gasteiger partial charge is 0.253 e. The maximum absolute atomic E-state index is 13.3. The first kappa shape index (κ1) is 15.5. The van der Waals surface area contributed by atoms with Gasteiger partial charge in [0.1, 0.15) is 11.6 Å². The molecule has 2 aromatic carbocycles. The zero-order valence-electron chi connectivity index (χ0n) is 11.0. The number of hydroxylamine groups is 1. The molecule has 2 rings (SSSR count). The second kappa shape index (κ2) is 7.75. The fraction of sp³-hybridized carbons (Fsp3) is 0.133. The SMILES string of the molecule is O=C(CSc1cc(F)ccc1F)NOCc1ccccc1. The molecular formula is C15H13F2NO2S. The molecule has 0 fully saturated rings. The summed E-state index contributed by atoms with van der Waals surface area (Å²) in [4.78, 5) is 16.7. The molecule has 0 saturated heterocycles. The van der Waals surface area contributed by atoms with Crippen LogP contribution in [0.4, 0.5) is 8.78 Å². The quantitative estimate of drug-likeness (QED) is 0.657. The minimum absolute atomic E-state index is 0.0604. The number of carbonyl (C=O) groups excluding carboxylic acids is 1. The van der Waals surface area contributed by atoms with Crippen LogP contribution in [0.1, 0.15) is 5.56 Å². The van der Waals surface area contributed by atoms with E-state index in [0.29, 0.717) is 0 Å². The van der Waals surface area contributed by atoms with E-state index in [1.54, 1.807) is 0 Å². The third-order valence-electron chi connectivity index (χ3n) is 2.52. The Hall–Kier alpha value is -1.92. The Kier molecular flexibility index (Phi) is 5.71. The highest BCUT2D eigenvalue weighted by molar-refractivity contribution is 8.00. The molecule has 0 saturated carbocycles. The molecule has 110 valence electrons. The van der Waals surface area contributed by atoms with Gasteiger partial charge in [0.05, 0.1) is 12.4 Å². The molecule has 0 bridgehead atoms. The lowest BCUT2D eigenvalue weighted by Crippen LogP contribution is -2.25. The van der Waals surface area contributed by atoms with Crippen molar-refractivity contribution in [1.82, 2.24) is 5.48 Å². The van der Waals surface area contributed by atoms with Crippen LogP contribution in [0.2, 0.25) is 0 Å². The molecule has 2 aromatic rings. The number of rotatable bonds is 6. The molecule has 6 heteroatoms. The topological polar surface area (TPSA) is 38.3 Å². The molecule has 3 nitrogen and oxygen atoms in total. The van der Waals surface area contributed by atoms with Crippen LogP contribution in [0.3, 0.4) is 0 Å². The minimum Gasteiger partial charge on any atom is -0.272 e. The molecule has 0 aliphatic carbocycles. The molecule has 1 amide bonds. The summed E-state index contributed by atoms with van der Waals surface area (Å²) in [7, 11) is 0. The largest absolute Gasteiger partial charge is 0.272 e. The minimum atomic E-state index is -0.556. The third kappa shape index (κ3) is 5.17. The average Bonchev–Trinajstić information content (AvgIpc) is 2.49. The Morgan fingerprint density at radius 2 is 1.90 bits per heavy atom. The van der Waals surface area contributed by atoms with Crippen molar-refractivity contribution in [3.63, 3.8) is 0 Å². The molecule has 0 atom stereocenters. The predicted octanol–water partition coefficient (Wildman–Crippen LogP) is 3.30. The van der Waals surface area contributed by atoms with Gasteiger partial charge in [-0.3, -0.25) is 9.63 Å². The van der Waals surface area contributed by atoms with Gasteiger partial charge in [0, 0.05) is 4.90 Å². The summed E-state index contributed by atoms with van der Waals surface area (Å²) in [6.45, 7) is 0.242. The van der Waals surface area contributed by atoms with Crippen LogP contribution in [-0.2, 0) is 16.2 Å². The Morgan fingerprint density at radius 3 is 2.67 bits per heavy atom. The Morgan fingerprint density at radius 1 is 1.14 bits per heavy atom. The highest BCUT2D eigenvalue weighted by Crippen LogP contribution is 2.22. The van der Waals surface area contributed by atoms with Crippen molar-refractivity contribution >= 4 is 17.7 Å². The first-order valence-electron chi connectivity index (χ1n) is 6.17. The first-order valence-corrected chi connectivity index (χ1v) is 7.16. The summed E-state index contributed by atoms with van der Waals surface area (Å²) in [6, 6.07) is 12.5. The fourth-order valence-corrected chi connectivity index (χ4v) is 2.28. The molecule has 21 heavy (non-hydrogen) atoms. The Labute approximate surface area is 125 Å². The molecule has 0 unspecified atom stereocenters. The van der Waals surface area contributed by atoms with Crippen molar-refractivity contribution < 1.29 is 18.4 Å². The summed E-state index contributed by atoms with van der Waals surface area (Å²) in [6.07, 6.45) is 0. The number of halogens is 2. The van der Waals surface area contributed by atoms with Gasteiger partial charge in [-0.2, -0.15) is 0 Å². The summed E-state index contributed by atoms with van der Waals surface area (Å²) in [5.74, 6) is -1.58. The fourth-order valence-electron chi connectivity index (χ4n) is 1.53. The van der Waals surface area contributed by atoms with Gasteiger partial charge in [0.2, 0.25) is 0 Å². The number of thioether (sulfide) groups is 1. The van der Waals surface area contributed by atoms with Crippen LogP contribution in [0.25, 0.3) is 0 Å². The zero-order valence-corrected chi connectivity index (χ0v) is 11.8. The number of amides is 1. The van der Waals surface area contributed by atoms with E-state index in [9.17, 15) is 13.6 Å². The van der Waals surface area contributed by atoms with Crippen LogP contribution >= 0.6 is 11.8 Å². The first-order chi connectivity index (χ1) is 10.1. The van der Waals surface area contributed by atoms with E-state index in [1.807, 2.05) is 30.3 Å². The number of benzene rings is 2. The van der Waals surface area contributed by atoms with E-state index in [-0.39, 0.29) is 17.3 Å². The van der Waals surface area contributed by atoms with Crippen LogP contribution in [-0.4, -0.2) is 11.7 Å². The number of nitrogens with one attached hydrogen (secondary N) is 1. The summed E-state index contributed by atoms with van der Waals surface area (Å²) >= 11 is 0.909. The molecule has 0 aliphatic rings. The van der Waals surface area contributed by atoms with Gasteiger partial charge in [0.25, 0.3) is 5.91 Å². The molecule has 0 heterocycles. The van der Waals surface area contributed by atoms with Crippen LogP contribution in [0.5, 0.6) is 0 Å². The second-order valence-electron chi connectivity index (χ2n) is 4.16. The second-order valence-corrected chi connectivity index (χ2v) is 5.18. The molecule has 0 radical (unpaired) electrons. The maximum Gasteiger partial charge on any atom is 0.253 e. The highest BCUT2D eigenvalue weighted by Gasteiger charge is 2.08. The molecule has 0 aliphatic heterocycles. The summed E-state index contributed by atoms with van der Waals surface area (Å²) in [5, 5.41) is 0. The van der Waals surface area contributed by atoms with Gasteiger partial charge in [-0.15, -0.1) is 11.8 Å². The highest BCUT2D eigenvalue weighted by atomic mass is 32.2. The lowest BCUT2D eigenvalue weighted by Gasteiger charge is -2.06. The predicted molar refractivity (Wildman–Crippen MR) is 76.5 cm³/mol. The van der Waals surface area contributed by atoms with Crippen LogP contribution in [0.15, 0.2) is 53.4 Å². The van der Waals surface area contributed by atoms with Crippen molar-refractivity contribution in [2.75, 3.05) is 5.75 Å². The van der Waals surface area contributed by atoms with Gasteiger partial charge >= 0.3 is 0 Å². The van der Waals surface area contributed by atoms with Gasteiger partial charge < -0.3 is 0 Å². The molecular weight excluding hydrogens is 296 g/mol. The van der Waals surface area contributed by atoms with Crippen molar-refractivity contribution in [1.29, 1.82) is 0 Å². The van der Waals surface area contributed by atoms with Crippen LogP contribution < -0.4 is 5.48 Å². The lowest BCUT2D eigenvalue weighted by atomic mass is 10.2. The van der Waals surface area contributed by atoms with Crippen molar-refractivity contribution in [3.05, 3.63) is 65.7 Å². The maximum atomic E-state index is 13.3. The van der Waals surface area contributed by atoms with E-state index >= 15 is 0 Å². The standard InChI is InChI=1S/C15H13F2NO2S/c16-12-6-7-13(17)14(8-12)21-10-15(19)18-20-9-11-4-2-1-3-5-11/h1-8H,9-10H2,(H,18,19). The summed E-state index contributed by atoms with van der Waals surface area (Å²) in [5.41, 5.74) is 3.18. The lowest BCUT2D eigenvalue weighted by molar-refractivity contribution is -0.131. The monoisotopic (exact) mass is 309 g/mol.